The van der Waals surface area contributed by atoms with Gasteiger partial charge in [-0.05, 0) is 44.0 Å². The van der Waals surface area contributed by atoms with Gasteiger partial charge in [-0.15, -0.1) is 10.2 Å². The third-order valence-electron chi connectivity index (χ3n) is 4.87. The summed E-state index contributed by atoms with van der Waals surface area (Å²) < 4.78 is 25.3. The van der Waals surface area contributed by atoms with Crippen molar-refractivity contribution in [3.05, 3.63) is 72.1 Å². The second-order valence-electron chi connectivity index (χ2n) is 8.02. The molecule has 4 rings (SSSR count). The monoisotopic (exact) mass is 466 g/mol. The molecule has 0 radical (unpaired) electrons. The zero-order valence-corrected chi connectivity index (χ0v) is 20.3. The summed E-state index contributed by atoms with van der Waals surface area (Å²) >= 11 is 0. The van der Waals surface area contributed by atoms with Crippen molar-refractivity contribution < 1.29 is 15.3 Å². The summed E-state index contributed by atoms with van der Waals surface area (Å²) in [5.74, 6) is 3.70. The van der Waals surface area contributed by atoms with Gasteiger partial charge in [0.25, 0.3) is 0 Å². The van der Waals surface area contributed by atoms with E-state index in [-0.39, 0.29) is 7.24 Å². The predicted molar refractivity (Wildman–Crippen MR) is 130 cm³/mol. The van der Waals surface area contributed by atoms with Crippen LogP contribution in [-0.4, -0.2) is 43.9 Å². The minimum atomic E-state index is -0.377. The SMILES string of the molecule is CC(C)Cc1ncc(F)cn1.COc1cccc(OC)c1-n1c(C)nnc1-c1ccnc(C)c1.[HH]. The lowest BCUT2D eigenvalue weighted by Crippen LogP contribution is -2.05. The van der Waals surface area contributed by atoms with Crippen molar-refractivity contribution in [3.8, 4) is 28.6 Å². The van der Waals surface area contributed by atoms with E-state index in [1.165, 1.54) is 12.4 Å². The number of hydrogen-bond donors (Lipinski definition) is 0. The Morgan fingerprint density at radius 2 is 1.62 bits per heavy atom. The standard InChI is InChI=1S/C17H18N4O2.C8H11FN2.H2/c1-11-10-13(8-9-18-11)17-20-19-12(2)21(17)16-14(22-3)6-5-7-15(16)23-4;1-6(2)3-8-10-4-7(9)5-11-8;/h5-10H,1-4H3;4-6H,3H2,1-2H3;1H. The first-order valence-electron chi connectivity index (χ1n) is 10.9. The van der Waals surface area contributed by atoms with E-state index < -0.39 is 0 Å². The highest BCUT2D eigenvalue weighted by Gasteiger charge is 2.20. The molecule has 0 saturated heterocycles. The minimum Gasteiger partial charge on any atom is -0.494 e. The summed E-state index contributed by atoms with van der Waals surface area (Å²) in [6.07, 6.45) is 4.97. The number of ether oxygens (including phenoxy) is 2. The largest absolute Gasteiger partial charge is 0.494 e. The van der Waals surface area contributed by atoms with Crippen LogP contribution >= 0.6 is 0 Å². The van der Waals surface area contributed by atoms with Gasteiger partial charge in [-0.3, -0.25) is 9.55 Å². The first kappa shape index (κ1) is 24.8. The molecule has 0 atom stereocenters. The number of para-hydroxylation sites is 1. The molecule has 3 aromatic heterocycles. The Kier molecular flexibility index (Phi) is 8.24. The Morgan fingerprint density at radius 3 is 2.18 bits per heavy atom. The number of aryl methyl sites for hydroxylation is 2. The van der Waals surface area contributed by atoms with Crippen molar-refractivity contribution in [2.75, 3.05) is 14.2 Å². The number of benzene rings is 1. The van der Waals surface area contributed by atoms with E-state index in [0.29, 0.717) is 23.2 Å². The van der Waals surface area contributed by atoms with E-state index in [2.05, 4.69) is 39.0 Å². The second kappa shape index (κ2) is 11.3. The molecule has 0 spiro atoms. The normalized spacial score (nSPS) is 10.6. The highest BCUT2D eigenvalue weighted by atomic mass is 19.1. The van der Waals surface area contributed by atoms with Crippen molar-refractivity contribution >= 4 is 0 Å². The van der Waals surface area contributed by atoms with E-state index in [9.17, 15) is 4.39 Å². The van der Waals surface area contributed by atoms with Crippen LogP contribution in [0, 0.1) is 25.6 Å². The van der Waals surface area contributed by atoms with E-state index in [0.717, 1.165) is 35.0 Å². The first-order valence-corrected chi connectivity index (χ1v) is 10.9. The van der Waals surface area contributed by atoms with Crippen molar-refractivity contribution in [1.82, 2.24) is 29.7 Å². The zero-order chi connectivity index (χ0) is 24.7. The maximum Gasteiger partial charge on any atom is 0.168 e. The van der Waals surface area contributed by atoms with Crippen molar-refractivity contribution in [1.29, 1.82) is 0 Å². The molecule has 8 nitrogen and oxygen atoms in total. The molecule has 34 heavy (non-hydrogen) atoms. The van der Waals surface area contributed by atoms with Gasteiger partial charge in [-0.25, -0.2) is 14.4 Å². The van der Waals surface area contributed by atoms with E-state index in [1.807, 2.05) is 48.7 Å². The Hall–Kier alpha value is -3.88. The molecule has 3 heterocycles. The molecular weight excluding hydrogens is 435 g/mol. The van der Waals surface area contributed by atoms with Crippen LogP contribution in [-0.2, 0) is 6.42 Å². The van der Waals surface area contributed by atoms with Crippen LogP contribution in [0.15, 0.2) is 48.9 Å². The number of pyridine rings is 1. The molecule has 180 valence electrons. The fourth-order valence-electron chi connectivity index (χ4n) is 3.36. The van der Waals surface area contributed by atoms with Crippen LogP contribution in [0.25, 0.3) is 17.1 Å². The highest BCUT2D eigenvalue weighted by Crippen LogP contribution is 2.35. The molecule has 9 heteroatoms. The number of halogens is 1. The van der Waals surface area contributed by atoms with Gasteiger partial charge in [-0.2, -0.15) is 0 Å². The summed E-state index contributed by atoms with van der Waals surface area (Å²) in [5.41, 5.74) is 2.64. The van der Waals surface area contributed by atoms with Crippen LogP contribution in [0.5, 0.6) is 11.5 Å². The van der Waals surface area contributed by atoms with E-state index >= 15 is 0 Å². The number of rotatable bonds is 6. The fraction of sp³-hybridized carbons (Fsp3) is 0.320. The molecule has 0 aliphatic carbocycles. The Balaban J connectivity index is 0.000000305. The summed E-state index contributed by atoms with van der Waals surface area (Å²) in [6, 6.07) is 9.55. The number of nitrogens with zero attached hydrogens (tertiary/aromatic N) is 6. The maximum absolute atomic E-state index is 12.3. The molecule has 0 amide bonds. The van der Waals surface area contributed by atoms with Crippen LogP contribution in [0.4, 0.5) is 4.39 Å². The molecule has 0 N–H and O–H groups in total. The van der Waals surface area contributed by atoms with Gasteiger partial charge in [0.1, 0.15) is 28.8 Å². The molecule has 0 aliphatic rings. The molecule has 0 saturated carbocycles. The summed E-state index contributed by atoms with van der Waals surface area (Å²) in [4.78, 5) is 11.9. The van der Waals surface area contributed by atoms with Crippen molar-refractivity contribution in [2.45, 2.75) is 34.1 Å². The first-order chi connectivity index (χ1) is 16.3. The van der Waals surface area contributed by atoms with Gasteiger partial charge < -0.3 is 9.47 Å². The number of hydrogen-bond acceptors (Lipinski definition) is 7. The van der Waals surface area contributed by atoms with Gasteiger partial charge in [0.05, 0.1) is 26.6 Å². The number of aromatic nitrogens is 6. The van der Waals surface area contributed by atoms with Crippen LogP contribution in [0.3, 0.4) is 0 Å². The van der Waals surface area contributed by atoms with Crippen LogP contribution in [0.2, 0.25) is 0 Å². The van der Waals surface area contributed by atoms with E-state index in [4.69, 9.17) is 9.47 Å². The van der Waals surface area contributed by atoms with Gasteiger partial charge in [-0.1, -0.05) is 19.9 Å². The highest BCUT2D eigenvalue weighted by molar-refractivity contribution is 5.65. The predicted octanol–water partition coefficient (Wildman–Crippen LogP) is 5.02. The molecule has 0 fully saturated rings. The topological polar surface area (TPSA) is 87.8 Å². The van der Waals surface area contributed by atoms with Gasteiger partial charge in [0.15, 0.2) is 11.6 Å². The maximum atomic E-state index is 12.3. The van der Waals surface area contributed by atoms with Crippen LogP contribution < -0.4 is 9.47 Å². The molecule has 0 unspecified atom stereocenters. The summed E-state index contributed by atoms with van der Waals surface area (Å²) in [6.45, 7) is 8.00. The Bertz CT molecular complexity index is 1210. The summed E-state index contributed by atoms with van der Waals surface area (Å²) in [7, 11) is 3.27. The molecule has 0 bridgehead atoms. The zero-order valence-electron chi connectivity index (χ0n) is 20.3. The lowest BCUT2D eigenvalue weighted by molar-refractivity contribution is 0.391. The molecule has 4 aromatic rings. The van der Waals surface area contributed by atoms with Gasteiger partial charge >= 0.3 is 0 Å². The van der Waals surface area contributed by atoms with E-state index in [1.54, 1.807) is 20.4 Å². The number of methoxy groups -OCH3 is 2. The molecule has 1 aromatic carbocycles. The smallest absolute Gasteiger partial charge is 0.168 e. The third kappa shape index (κ3) is 5.92. The second-order valence-corrected chi connectivity index (χ2v) is 8.02. The minimum absolute atomic E-state index is 0. The molecule has 0 aliphatic heterocycles. The average molecular weight is 467 g/mol. The van der Waals surface area contributed by atoms with Crippen molar-refractivity contribution in [2.24, 2.45) is 5.92 Å². The van der Waals surface area contributed by atoms with Crippen LogP contribution in [0.1, 0.15) is 32.6 Å². The third-order valence-corrected chi connectivity index (χ3v) is 4.87. The van der Waals surface area contributed by atoms with Gasteiger partial charge in [0, 0.05) is 25.3 Å². The average Bonchev–Trinajstić information content (AvgIpc) is 3.21. The lowest BCUT2D eigenvalue weighted by atomic mass is 10.1. The Labute approximate surface area is 200 Å². The quantitative estimate of drug-likeness (QED) is 0.394. The molecular formula is C25H31FN6O2. The van der Waals surface area contributed by atoms with Crippen molar-refractivity contribution in [3.63, 3.8) is 0 Å². The Morgan fingerprint density at radius 1 is 0.971 bits per heavy atom. The lowest BCUT2D eigenvalue weighted by Gasteiger charge is -2.16. The van der Waals surface area contributed by atoms with Gasteiger partial charge in [0.2, 0.25) is 0 Å². The fourth-order valence-corrected chi connectivity index (χ4v) is 3.36. The summed E-state index contributed by atoms with van der Waals surface area (Å²) in [5, 5.41) is 8.56.